The third-order valence-corrected chi connectivity index (χ3v) is 5.11. The molecule has 2 aromatic carbocycles. The summed E-state index contributed by atoms with van der Waals surface area (Å²) >= 11 is 0. The summed E-state index contributed by atoms with van der Waals surface area (Å²) in [6.45, 7) is 2.58. The van der Waals surface area contributed by atoms with Gasteiger partial charge in [-0.2, -0.15) is 0 Å². The average molecular weight is 403 g/mol. The molecule has 0 saturated heterocycles. The average Bonchev–Trinajstić information content (AvgIpc) is 3.15. The van der Waals surface area contributed by atoms with Crippen LogP contribution in [0.2, 0.25) is 0 Å². The molecule has 30 heavy (non-hydrogen) atoms. The van der Waals surface area contributed by atoms with E-state index in [0.29, 0.717) is 17.6 Å². The Labute approximate surface area is 173 Å². The van der Waals surface area contributed by atoms with Gasteiger partial charge in [-0.1, -0.05) is 48.0 Å². The second-order valence-electron chi connectivity index (χ2n) is 7.35. The topological polar surface area (TPSA) is 56.0 Å². The van der Waals surface area contributed by atoms with Gasteiger partial charge in [-0.05, 0) is 30.7 Å². The molecule has 0 atom stereocenters. The fraction of sp³-hybridized carbons (Fsp3) is 0.167. The van der Waals surface area contributed by atoms with Crippen LogP contribution >= 0.6 is 0 Å². The van der Waals surface area contributed by atoms with Crippen molar-refractivity contribution in [2.24, 2.45) is 0 Å². The van der Waals surface area contributed by atoms with Gasteiger partial charge in [0, 0.05) is 29.9 Å². The van der Waals surface area contributed by atoms with Gasteiger partial charge in [-0.25, -0.2) is 4.39 Å². The first-order chi connectivity index (χ1) is 14.5. The molecule has 5 nitrogen and oxygen atoms in total. The van der Waals surface area contributed by atoms with Crippen LogP contribution in [0.4, 0.5) is 4.39 Å². The minimum absolute atomic E-state index is 0.0779. The van der Waals surface area contributed by atoms with E-state index in [0.717, 1.165) is 16.5 Å². The predicted molar refractivity (Wildman–Crippen MR) is 115 cm³/mol. The quantitative estimate of drug-likeness (QED) is 0.535. The van der Waals surface area contributed by atoms with Crippen molar-refractivity contribution in [3.05, 3.63) is 106 Å². The van der Waals surface area contributed by atoms with E-state index in [9.17, 15) is 14.0 Å². The maximum Gasteiger partial charge on any atom is 0.275 e. The van der Waals surface area contributed by atoms with Crippen molar-refractivity contribution in [3.8, 4) is 0 Å². The molecule has 0 aliphatic rings. The number of aromatic nitrogens is 2. The number of benzene rings is 2. The Kier molecular flexibility index (Phi) is 5.48. The molecular formula is C24H22FN3O2. The Hall–Kier alpha value is -3.67. The van der Waals surface area contributed by atoms with Crippen molar-refractivity contribution < 1.29 is 9.18 Å². The van der Waals surface area contributed by atoms with Gasteiger partial charge in [-0.15, -0.1) is 0 Å². The molecule has 1 amide bonds. The SMILES string of the molecule is Cc1ccc(CNC(=O)Cn2ccc3ccn(Cc4ccccc4F)c3c2=O)cc1. The molecule has 2 aromatic heterocycles. The molecule has 0 aliphatic heterocycles. The number of carbonyl (C=O) groups excluding carboxylic acids is 1. The molecule has 1 N–H and O–H groups in total. The summed E-state index contributed by atoms with van der Waals surface area (Å²) in [5.41, 5.74) is 2.82. The van der Waals surface area contributed by atoms with Gasteiger partial charge in [0.1, 0.15) is 17.9 Å². The van der Waals surface area contributed by atoms with E-state index in [1.807, 2.05) is 37.3 Å². The van der Waals surface area contributed by atoms with E-state index in [-0.39, 0.29) is 30.4 Å². The Bertz CT molecular complexity index is 1260. The Morgan fingerprint density at radius 1 is 0.967 bits per heavy atom. The van der Waals surface area contributed by atoms with Gasteiger partial charge in [-0.3, -0.25) is 9.59 Å². The molecule has 6 heteroatoms. The molecule has 4 aromatic rings. The first-order valence-corrected chi connectivity index (χ1v) is 9.75. The maximum atomic E-state index is 14.0. The van der Waals surface area contributed by atoms with E-state index in [4.69, 9.17) is 0 Å². The molecule has 0 aliphatic carbocycles. The van der Waals surface area contributed by atoms with E-state index < -0.39 is 0 Å². The van der Waals surface area contributed by atoms with Gasteiger partial charge in [0.25, 0.3) is 5.56 Å². The largest absolute Gasteiger partial charge is 0.350 e. The second-order valence-corrected chi connectivity index (χ2v) is 7.35. The van der Waals surface area contributed by atoms with Crippen molar-refractivity contribution in [1.29, 1.82) is 0 Å². The number of nitrogens with zero attached hydrogens (tertiary/aromatic N) is 2. The Morgan fingerprint density at radius 3 is 2.40 bits per heavy atom. The number of amides is 1. The summed E-state index contributed by atoms with van der Waals surface area (Å²) < 4.78 is 17.1. The normalized spacial score (nSPS) is 11.0. The maximum absolute atomic E-state index is 14.0. The summed E-state index contributed by atoms with van der Waals surface area (Å²) in [6, 6.07) is 18.0. The van der Waals surface area contributed by atoms with Gasteiger partial charge in [0.05, 0.1) is 6.54 Å². The summed E-state index contributed by atoms with van der Waals surface area (Å²) in [5, 5.41) is 3.60. The fourth-order valence-electron chi connectivity index (χ4n) is 3.43. The summed E-state index contributed by atoms with van der Waals surface area (Å²) in [6.07, 6.45) is 3.38. The zero-order valence-corrected chi connectivity index (χ0v) is 16.6. The van der Waals surface area contributed by atoms with Crippen LogP contribution in [-0.4, -0.2) is 15.0 Å². The van der Waals surface area contributed by atoms with Crippen LogP contribution in [-0.2, 0) is 24.4 Å². The predicted octanol–water partition coefficient (Wildman–Crippen LogP) is 3.62. The standard InChI is InChI=1S/C24H22FN3O2/c1-17-6-8-18(9-7-17)14-26-22(29)16-28-13-11-19-10-12-27(23(19)24(28)30)15-20-4-2-3-5-21(20)25/h2-13H,14-16H2,1H3,(H,26,29). The zero-order chi connectivity index (χ0) is 21.1. The van der Waals surface area contributed by atoms with E-state index in [2.05, 4.69) is 5.32 Å². The van der Waals surface area contributed by atoms with Gasteiger partial charge < -0.3 is 14.5 Å². The van der Waals surface area contributed by atoms with Gasteiger partial charge >= 0.3 is 0 Å². The number of fused-ring (bicyclic) bond motifs is 1. The number of hydrogen-bond donors (Lipinski definition) is 1. The smallest absolute Gasteiger partial charge is 0.275 e. The van der Waals surface area contributed by atoms with Crippen molar-refractivity contribution in [1.82, 2.24) is 14.5 Å². The molecule has 0 fully saturated rings. The third-order valence-electron chi connectivity index (χ3n) is 5.11. The van der Waals surface area contributed by atoms with Crippen LogP contribution in [0.1, 0.15) is 16.7 Å². The van der Waals surface area contributed by atoms with Crippen LogP contribution in [0, 0.1) is 12.7 Å². The molecule has 0 bridgehead atoms. The van der Waals surface area contributed by atoms with Crippen LogP contribution in [0.25, 0.3) is 10.9 Å². The molecule has 0 radical (unpaired) electrons. The lowest BCUT2D eigenvalue weighted by Crippen LogP contribution is -2.32. The minimum atomic E-state index is -0.314. The van der Waals surface area contributed by atoms with Crippen molar-refractivity contribution in [3.63, 3.8) is 0 Å². The highest BCUT2D eigenvalue weighted by atomic mass is 19.1. The van der Waals surface area contributed by atoms with Crippen molar-refractivity contribution >= 4 is 16.8 Å². The Balaban J connectivity index is 1.52. The van der Waals surface area contributed by atoms with Crippen LogP contribution in [0.15, 0.2) is 77.9 Å². The minimum Gasteiger partial charge on any atom is -0.350 e. The molecule has 4 rings (SSSR count). The number of halogens is 1. The van der Waals surface area contributed by atoms with Gasteiger partial charge in [0.2, 0.25) is 5.91 Å². The lowest BCUT2D eigenvalue weighted by atomic mass is 10.1. The number of nitrogens with one attached hydrogen (secondary N) is 1. The molecule has 0 spiro atoms. The fourth-order valence-corrected chi connectivity index (χ4v) is 3.43. The highest BCUT2D eigenvalue weighted by molar-refractivity contribution is 5.80. The summed E-state index contributed by atoms with van der Waals surface area (Å²) in [7, 11) is 0. The summed E-state index contributed by atoms with van der Waals surface area (Å²) in [5.74, 6) is -0.560. The van der Waals surface area contributed by atoms with Gasteiger partial charge in [0.15, 0.2) is 0 Å². The molecular weight excluding hydrogens is 381 g/mol. The first-order valence-electron chi connectivity index (χ1n) is 9.75. The summed E-state index contributed by atoms with van der Waals surface area (Å²) in [4.78, 5) is 25.4. The lowest BCUT2D eigenvalue weighted by Gasteiger charge is -2.10. The number of aryl methyl sites for hydroxylation is 1. The van der Waals surface area contributed by atoms with Crippen LogP contribution in [0.3, 0.4) is 0 Å². The molecule has 152 valence electrons. The number of rotatable bonds is 6. The first kappa shape index (κ1) is 19.6. The third kappa shape index (κ3) is 4.17. The highest BCUT2D eigenvalue weighted by Gasteiger charge is 2.12. The number of hydrogen-bond acceptors (Lipinski definition) is 2. The van der Waals surface area contributed by atoms with Crippen molar-refractivity contribution in [2.75, 3.05) is 0 Å². The monoisotopic (exact) mass is 403 g/mol. The highest BCUT2D eigenvalue weighted by Crippen LogP contribution is 2.15. The lowest BCUT2D eigenvalue weighted by molar-refractivity contribution is -0.121. The Morgan fingerprint density at radius 2 is 1.67 bits per heavy atom. The van der Waals surface area contributed by atoms with E-state index in [1.54, 1.807) is 41.2 Å². The molecule has 2 heterocycles. The van der Waals surface area contributed by atoms with Crippen LogP contribution in [0.5, 0.6) is 0 Å². The van der Waals surface area contributed by atoms with Crippen molar-refractivity contribution in [2.45, 2.75) is 26.6 Å². The molecule has 0 saturated carbocycles. The van der Waals surface area contributed by atoms with E-state index >= 15 is 0 Å². The van der Waals surface area contributed by atoms with E-state index in [1.165, 1.54) is 10.6 Å². The zero-order valence-electron chi connectivity index (χ0n) is 16.6. The second kappa shape index (κ2) is 8.37. The number of pyridine rings is 1. The van der Waals surface area contributed by atoms with Crippen LogP contribution < -0.4 is 10.9 Å². The number of carbonyl (C=O) groups is 1. The molecule has 0 unspecified atom stereocenters.